The fourth-order valence-corrected chi connectivity index (χ4v) is 4.16. The first-order chi connectivity index (χ1) is 15.4. The number of aromatic nitrogens is 4. The number of halogens is 1. The van der Waals surface area contributed by atoms with Crippen molar-refractivity contribution in [2.24, 2.45) is 4.99 Å². The number of ether oxygens (including phenoxy) is 2. The van der Waals surface area contributed by atoms with Gasteiger partial charge in [-0.25, -0.2) is 19.0 Å². The molecule has 4 heterocycles. The van der Waals surface area contributed by atoms with Crippen LogP contribution in [0.5, 0.6) is 5.88 Å². The molecular formula is C22H21FN6O3. The largest absolute Gasteiger partial charge is 0.481 e. The highest BCUT2D eigenvalue weighted by molar-refractivity contribution is 6.23. The van der Waals surface area contributed by atoms with Crippen molar-refractivity contribution in [3.63, 3.8) is 0 Å². The van der Waals surface area contributed by atoms with Gasteiger partial charge in [-0.15, -0.1) is 0 Å². The molecular weight excluding hydrogens is 415 g/mol. The second kappa shape index (κ2) is 7.11. The molecule has 0 bridgehead atoms. The van der Waals surface area contributed by atoms with Crippen LogP contribution in [0.1, 0.15) is 30.5 Å². The van der Waals surface area contributed by atoms with Crippen LogP contribution in [0.15, 0.2) is 29.3 Å². The predicted molar refractivity (Wildman–Crippen MR) is 115 cm³/mol. The second-order valence-electron chi connectivity index (χ2n) is 7.76. The minimum Gasteiger partial charge on any atom is -0.481 e. The first-order valence-electron chi connectivity index (χ1n) is 10.2. The number of methoxy groups -OCH3 is 1. The summed E-state index contributed by atoms with van der Waals surface area (Å²) >= 11 is 0. The molecule has 1 atom stereocenters. The minimum atomic E-state index is -1.05. The topological polar surface area (TPSA) is 104 Å². The van der Waals surface area contributed by atoms with Crippen LogP contribution in [0.3, 0.4) is 0 Å². The summed E-state index contributed by atoms with van der Waals surface area (Å²) in [6.07, 6.45) is 0. The summed E-state index contributed by atoms with van der Waals surface area (Å²) in [6.45, 7) is 5.96. The van der Waals surface area contributed by atoms with E-state index in [0.29, 0.717) is 52.4 Å². The van der Waals surface area contributed by atoms with Gasteiger partial charge in [-0.2, -0.15) is 10.1 Å². The maximum atomic E-state index is 14.2. The molecule has 32 heavy (non-hydrogen) atoms. The van der Waals surface area contributed by atoms with E-state index in [9.17, 15) is 9.18 Å². The molecule has 5 rings (SSSR count). The molecule has 1 N–H and O–H groups in total. The molecule has 3 aromatic rings. The van der Waals surface area contributed by atoms with Crippen molar-refractivity contribution in [3.8, 4) is 17.4 Å². The Morgan fingerprint density at radius 1 is 1.25 bits per heavy atom. The standard InChI is InChI=1S/C22H21FN6O3/c1-5-32-21-22(3)14-16(26-20(22)30)24-18(25-17(14)27-21)15-11(2)19(31-4)29(28-15)10-12-8-6-7-9-13(12)23/h6-9H,5,10H2,1-4H3,(H,24,25,26,30). The van der Waals surface area contributed by atoms with Crippen molar-refractivity contribution < 1.29 is 18.7 Å². The Hall–Kier alpha value is -3.82. The average Bonchev–Trinajstić information content (AvgIpc) is 3.34. The molecule has 0 saturated carbocycles. The zero-order valence-corrected chi connectivity index (χ0v) is 18.1. The third-order valence-electron chi connectivity index (χ3n) is 5.81. The van der Waals surface area contributed by atoms with Gasteiger partial charge in [-0.05, 0) is 26.8 Å². The second-order valence-corrected chi connectivity index (χ2v) is 7.76. The van der Waals surface area contributed by atoms with Crippen molar-refractivity contribution in [1.29, 1.82) is 0 Å². The average molecular weight is 436 g/mol. The number of amides is 1. The number of carbonyl (C=O) groups is 1. The fraction of sp³-hybridized carbons (Fsp3) is 0.318. The molecule has 164 valence electrons. The van der Waals surface area contributed by atoms with Crippen LogP contribution in [0, 0.1) is 12.7 Å². The first kappa shape index (κ1) is 20.1. The molecule has 2 aliphatic rings. The maximum Gasteiger partial charge on any atom is 0.245 e. The van der Waals surface area contributed by atoms with Gasteiger partial charge >= 0.3 is 0 Å². The van der Waals surface area contributed by atoms with Gasteiger partial charge in [-0.3, -0.25) is 4.79 Å². The lowest BCUT2D eigenvalue weighted by atomic mass is 9.86. The summed E-state index contributed by atoms with van der Waals surface area (Å²) in [7, 11) is 1.53. The quantitative estimate of drug-likeness (QED) is 0.659. The van der Waals surface area contributed by atoms with Crippen molar-refractivity contribution >= 4 is 23.4 Å². The molecule has 0 aliphatic carbocycles. The van der Waals surface area contributed by atoms with Crippen LogP contribution < -0.4 is 10.1 Å². The van der Waals surface area contributed by atoms with Crippen LogP contribution in [0.2, 0.25) is 0 Å². The van der Waals surface area contributed by atoms with Crippen LogP contribution >= 0.6 is 0 Å². The van der Waals surface area contributed by atoms with Crippen LogP contribution in [0.4, 0.5) is 16.0 Å². The van der Waals surface area contributed by atoms with Crippen LogP contribution in [-0.4, -0.2) is 45.3 Å². The molecule has 0 spiro atoms. The van der Waals surface area contributed by atoms with E-state index in [1.54, 1.807) is 29.8 Å². The van der Waals surface area contributed by atoms with Gasteiger partial charge in [0.15, 0.2) is 17.1 Å². The zero-order chi connectivity index (χ0) is 22.6. The molecule has 1 aromatic carbocycles. The Morgan fingerprint density at radius 2 is 2.03 bits per heavy atom. The molecule has 0 radical (unpaired) electrons. The third-order valence-corrected chi connectivity index (χ3v) is 5.81. The number of benzene rings is 1. The Bertz CT molecular complexity index is 1300. The van der Waals surface area contributed by atoms with E-state index in [0.717, 1.165) is 0 Å². The van der Waals surface area contributed by atoms with Gasteiger partial charge in [0.25, 0.3) is 0 Å². The van der Waals surface area contributed by atoms with Crippen molar-refractivity contribution in [2.45, 2.75) is 32.7 Å². The van der Waals surface area contributed by atoms with Crippen molar-refractivity contribution in [1.82, 2.24) is 19.7 Å². The van der Waals surface area contributed by atoms with Gasteiger partial charge < -0.3 is 14.8 Å². The van der Waals surface area contributed by atoms with Crippen molar-refractivity contribution in [2.75, 3.05) is 19.0 Å². The van der Waals surface area contributed by atoms with E-state index in [1.807, 2.05) is 13.8 Å². The van der Waals surface area contributed by atoms with Crippen LogP contribution in [-0.2, 0) is 21.5 Å². The molecule has 1 unspecified atom stereocenters. The van der Waals surface area contributed by atoms with E-state index >= 15 is 0 Å². The number of nitrogens with zero attached hydrogens (tertiary/aromatic N) is 5. The van der Waals surface area contributed by atoms with E-state index < -0.39 is 5.41 Å². The molecule has 1 amide bonds. The molecule has 0 fully saturated rings. The smallest absolute Gasteiger partial charge is 0.245 e. The highest BCUT2D eigenvalue weighted by atomic mass is 19.1. The normalized spacial score (nSPS) is 18.4. The van der Waals surface area contributed by atoms with Gasteiger partial charge in [0, 0.05) is 11.1 Å². The number of hydrogen-bond acceptors (Lipinski definition) is 7. The highest BCUT2D eigenvalue weighted by Gasteiger charge is 2.55. The number of rotatable bonds is 5. The lowest BCUT2D eigenvalue weighted by Crippen LogP contribution is -2.38. The van der Waals surface area contributed by atoms with E-state index in [1.165, 1.54) is 13.2 Å². The van der Waals surface area contributed by atoms with Gasteiger partial charge in [0.05, 0.1) is 25.8 Å². The Labute approximate surface area is 183 Å². The Balaban J connectivity index is 1.61. The summed E-state index contributed by atoms with van der Waals surface area (Å²) in [5, 5.41) is 7.42. The first-order valence-corrected chi connectivity index (χ1v) is 10.2. The van der Waals surface area contributed by atoms with E-state index in [4.69, 9.17) is 9.47 Å². The summed E-state index contributed by atoms with van der Waals surface area (Å²) in [5.74, 6) is 1.23. The highest BCUT2D eigenvalue weighted by Crippen LogP contribution is 2.48. The third kappa shape index (κ3) is 2.72. The molecule has 2 aliphatic heterocycles. The summed E-state index contributed by atoms with van der Waals surface area (Å²) in [4.78, 5) is 26.4. The Kier molecular flexibility index (Phi) is 4.47. The van der Waals surface area contributed by atoms with E-state index in [-0.39, 0.29) is 24.1 Å². The number of hydrogen-bond donors (Lipinski definition) is 1. The predicted octanol–water partition coefficient (Wildman–Crippen LogP) is 3.13. The fourth-order valence-electron chi connectivity index (χ4n) is 4.16. The van der Waals surface area contributed by atoms with Crippen molar-refractivity contribution in [3.05, 3.63) is 46.8 Å². The monoisotopic (exact) mass is 436 g/mol. The summed E-state index contributed by atoms with van der Waals surface area (Å²) in [5.41, 5.74) is 1.18. The minimum absolute atomic E-state index is 0.177. The molecule has 0 saturated heterocycles. The maximum absolute atomic E-state index is 14.2. The van der Waals surface area contributed by atoms with Gasteiger partial charge in [-0.1, -0.05) is 18.2 Å². The number of carbonyl (C=O) groups excluding carboxylic acids is 1. The molecule has 10 heteroatoms. The van der Waals surface area contributed by atoms with Gasteiger partial charge in [0.2, 0.25) is 17.7 Å². The summed E-state index contributed by atoms with van der Waals surface area (Å²) < 4.78 is 26.9. The number of anilines is 1. The summed E-state index contributed by atoms with van der Waals surface area (Å²) in [6, 6.07) is 6.49. The lowest BCUT2D eigenvalue weighted by molar-refractivity contribution is -0.118. The number of nitrogens with one attached hydrogen (secondary N) is 1. The molecule has 2 aromatic heterocycles. The molecule has 9 nitrogen and oxygen atoms in total. The SMILES string of the molecule is CCOC1=Nc2nc(-c3nn(Cc4ccccc4F)c(OC)c3C)nc3c2C1(C)C(=O)N3. The van der Waals surface area contributed by atoms with E-state index in [2.05, 4.69) is 25.4 Å². The van der Waals surface area contributed by atoms with Gasteiger partial charge in [0.1, 0.15) is 17.3 Å². The number of aliphatic imine (C=N–C) groups is 1. The van der Waals surface area contributed by atoms with Crippen LogP contribution in [0.25, 0.3) is 11.5 Å². The lowest BCUT2D eigenvalue weighted by Gasteiger charge is -2.18. The zero-order valence-electron chi connectivity index (χ0n) is 18.1. The Morgan fingerprint density at radius 3 is 2.75 bits per heavy atom.